The standard InChI is InChI=1S/C20H22N2O3S/c1-24-18-10-16(20-12-22-13-26-20)19(25-2)9-14(18)7-8-21-11-15-5-3-4-6-17(15)23/h3-6,9-10,12-13,21,23H,7-8,11H2,1-2H3. The third-order valence-corrected chi connectivity index (χ3v) is 4.98. The molecule has 3 rings (SSSR count). The Morgan fingerprint density at radius 2 is 1.88 bits per heavy atom. The van der Waals surface area contributed by atoms with Crippen LogP contribution in [0.3, 0.4) is 0 Å². The molecule has 0 saturated carbocycles. The van der Waals surface area contributed by atoms with Gasteiger partial charge in [0.1, 0.15) is 17.2 Å². The fourth-order valence-corrected chi connectivity index (χ4v) is 3.45. The summed E-state index contributed by atoms with van der Waals surface area (Å²) in [5, 5.41) is 13.2. The number of methoxy groups -OCH3 is 2. The largest absolute Gasteiger partial charge is 0.508 e. The van der Waals surface area contributed by atoms with Crippen LogP contribution in [0.1, 0.15) is 11.1 Å². The first kappa shape index (κ1) is 18.2. The first-order chi connectivity index (χ1) is 12.7. The second-order valence-corrected chi connectivity index (χ2v) is 6.67. The molecule has 2 aromatic carbocycles. The molecular formula is C20H22N2O3S. The van der Waals surface area contributed by atoms with E-state index in [-0.39, 0.29) is 0 Å². The van der Waals surface area contributed by atoms with Crippen molar-refractivity contribution in [1.29, 1.82) is 0 Å². The molecule has 136 valence electrons. The van der Waals surface area contributed by atoms with Crippen LogP contribution in [0.5, 0.6) is 17.2 Å². The number of hydrogen-bond donors (Lipinski definition) is 2. The molecule has 0 bridgehead atoms. The van der Waals surface area contributed by atoms with Crippen molar-refractivity contribution in [3.63, 3.8) is 0 Å². The van der Waals surface area contributed by atoms with Gasteiger partial charge in [-0.1, -0.05) is 18.2 Å². The Morgan fingerprint density at radius 1 is 1.08 bits per heavy atom. The fraction of sp³-hybridized carbons (Fsp3) is 0.250. The third-order valence-electron chi connectivity index (χ3n) is 4.18. The van der Waals surface area contributed by atoms with Gasteiger partial charge in [-0.25, -0.2) is 0 Å². The predicted molar refractivity (Wildman–Crippen MR) is 104 cm³/mol. The lowest BCUT2D eigenvalue weighted by Crippen LogP contribution is -2.17. The minimum atomic E-state index is 0.313. The van der Waals surface area contributed by atoms with E-state index in [4.69, 9.17) is 9.47 Å². The average Bonchev–Trinajstić information content (AvgIpc) is 3.20. The Kier molecular flexibility index (Phi) is 6.09. The number of benzene rings is 2. The lowest BCUT2D eigenvalue weighted by Gasteiger charge is -2.14. The Morgan fingerprint density at radius 3 is 2.58 bits per heavy atom. The molecule has 2 N–H and O–H groups in total. The molecule has 0 amide bonds. The minimum Gasteiger partial charge on any atom is -0.508 e. The van der Waals surface area contributed by atoms with Gasteiger partial charge in [0.15, 0.2) is 0 Å². The fourth-order valence-electron chi connectivity index (χ4n) is 2.80. The second-order valence-electron chi connectivity index (χ2n) is 5.79. The molecule has 0 aliphatic rings. The summed E-state index contributed by atoms with van der Waals surface area (Å²) in [5.41, 5.74) is 4.75. The molecule has 3 aromatic rings. The van der Waals surface area contributed by atoms with E-state index in [0.717, 1.165) is 46.0 Å². The van der Waals surface area contributed by atoms with E-state index < -0.39 is 0 Å². The highest BCUT2D eigenvalue weighted by atomic mass is 32.1. The summed E-state index contributed by atoms with van der Waals surface area (Å²) in [6.45, 7) is 1.37. The van der Waals surface area contributed by atoms with E-state index in [1.54, 1.807) is 37.1 Å². The molecule has 0 spiro atoms. The lowest BCUT2D eigenvalue weighted by molar-refractivity contribution is 0.399. The van der Waals surface area contributed by atoms with Crippen molar-refractivity contribution in [3.8, 4) is 27.7 Å². The number of phenols is 1. The number of nitrogens with one attached hydrogen (secondary N) is 1. The third kappa shape index (κ3) is 4.15. The molecule has 1 aromatic heterocycles. The molecular weight excluding hydrogens is 348 g/mol. The molecule has 1 heterocycles. The van der Waals surface area contributed by atoms with Crippen molar-refractivity contribution in [2.24, 2.45) is 0 Å². The van der Waals surface area contributed by atoms with Crippen LogP contribution in [0.4, 0.5) is 0 Å². The summed E-state index contributed by atoms with van der Waals surface area (Å²) >= 11 is 1.57. The smallest absolute Gasteiger partial charge is 0.128 e. The van der Waals surface area contributed by atoms with Crippen molar-refractivity contribution in [3.05, 3.63) is 59.2 Å². The van der Waals surface area contributed by atoms with E-state index in [1.165, 1.54) is 0 Å². The zero-order valence-electron chi connectivity index (χ0n) is 14.9. The van der Waals surface area contributed by atoms with Gasteiger partial charge in [0.05, 0.1) is 24.6 Å². The number of thiazole rings is 1. The van der Waals surface area contributed by atoms with Gasteiger partial charge in [-0.15, -0.1) is 11.3 Å². The van der Waals surface area contributed by atoms with Gasteiger partial charge in [0.2, 0.25) is 0 Å². The van der Waals surface area contributed by atoms with Crippen molar-refractivity contribution < 1.29 is 14.6 Å². The normalized spacial score (nSPS) is 10.7. The molecule has 0 aliphatic carbocycles. The molecule has 0 aliphatic heterocycles. The molecule has 6 heteroatoms. The van der Waals surface area contributed by atoms with Crippen LogP contribution >= 0.6 is 11.3 Å². The Labute approximate surface area is 157 Å². The second kappa shape index (κ2) is 8.69. The van der Waals surface area contributed by atoms with Gasteiger partial charge in [-0.3, -0.25) is 4.98 Å². The highest BCUT2D eigenvalue weighted by molar-refractivity contribution is 7.13. The lowest BCUT2D eigenvalue weighted by atomic mass is 10.0. The van der Waals surface area contributed by atoms with Crippen molar-refractivity contribution in [1.82, 2.24) is 10.3 Å². The van der Waals surface area contributed by atoms with E-state index in [9.17, 15) is 5.11 Å². The van der Waals surface area contributed by atoms with E-state index >= 15 is 0 Å². The van der Waals surface area contributed by atoms with Crippen molar-refractivity contribution >= 4 is 11.3 Å². The molecule has 0 atom stereocenters. The number of rotatable bonds is 8. The summed E-state index contributed by atoms with van der Waals surface area (Å²) in [5.74, 6) is 1.96. The van der Waals surface area contributed by atoms with Crippen molar-refractivity contribution in [2.75, 3.05) is 20.8 Å². The quantitative estimate of drug-likeness (QED) is 0.590. The van der Waals surface area contributed by atoms with Crippen LogP contribution in [0, 0.1) is 0 Å². The number of para-hydroxylation sites is 1. The molecule has 0 fully saturated rings. The summed E-state index contributed by atoms with van der Waals surface area (Å²) in [6.07, 6.45) is 2.62. The van der Waals surface area contributed by atoms with Gasteiger partial charge in [-0.05, 0) is 36.7 Å². The summed E-state index contributed by atoms with van der Waals surface area (Å²) in [7, 11) is 3.35. The van der Waals surface area contributed by atoms with Crippen LogP contribution in [-0.4, -0.2) is 30.9 Å². The highest BCUT2D eigenvalue weighted by Crippen LogP contribution is 2.37. The molecule has 0 unspecified atom stereocenters. The molecule has 5 nitrogen and oxygen atoms in total. The Hall–Kier alpha value is -2.57. The minimum absolute atomic E-state index is 0.313. The molecule has 26 heavy (non-hydrogen) atoms. The predicted octanol–water partition coefficient (Wildman–Crippen LogP) is 3.87. The van der Waals surface area contributed by atoms with E-state index in [2.05, 4.69) is 10.3 Å². The number of nitrogens with zero attached hydrogens (tertiary/aromatic N) is 1. The summed E-state index contributed by atoms with van der Waals surface area (Å²) in [4.78, 5) is 5.19. The van der Waals surface area contributed by atoms with Crippen molar-refractivity contribution in [2.45, 2.75) is 13.0 Å². The van der Waals surface area contributed by atoms with E-state index in [1.807, 2.05) is 36.5 Å². The maximum atomic E-state index is 9.82. The topological polar surface area (TPSA) is 63.6 Å². The zero-order chi connectivity index (χ0) is 18.4. The number of phenolic OH excluding ortho intramolecular Hbond substituents is 1. The van der Waals surface area contributed by atoms with E-state index in [0.29, 0.717) is 12.3 Å². The van der Waals surface area contributed by atoms with Gasteiger partial charge >= 0.3 is 0 Å². The Balaban J connectivity index is 1.70. The van der Waals surface area contributed by atoms with Gasteiger partial charge < -0.3 is 19.9 Å². The van der Waals surface area contributed by atoms with Gasteiger partial charge in [0, 0.05) is 23.9 Å². The van der Waals surface area contributed by atoms with Crippen LogP contribution in [0.15, 0.2) is 48.1 Å². The SMILES string of the molecule is COc1cc(-c2cncs2)c(OC)cc1CCNCc1ccccc1O. The van der Waals surface area contributed by atoms with Crippen LogP contribution in [0.2, 0.25) is 0 Å². The summed E-state index contributed by atoms with van der Waals surface area (Å²) < 4.78 is 11.1. The first-order valence-corrected chi connectivity index (χ1v) is 9.22. The van der Waals surface area contributed by atoms with Gasteiger partial charge in [-0.2, -0.15) is 0 Å². The average molecular weight is 370 g/mol. The van der Waals surface area contributed by atoms with Crippen LogP contribution in [0.25, 0.3) is 10.4 Å². The zero-order valence-corrected chi connectivity index (χ0v) is 15.7. The highest BCUT2D eigenvalue weighted by Gasteiger charge is 2.14. The number of ether oxygens (including phenoxy) is 2. The van der Waals surface area contributed by atoms with Crippen LogP contribution < -0.4 is 14.8 Å². The van der Waals surface area contributed by atoms with Crippen LogP contribution in [-0.2, 0) is 13.0 Å². The van der Waals surface area contributed by atoms with Gasteiger partial charge in [0.25, 0.3) is 0 Å². The maximum Gasteiger partial charge on any atom is 0.128 e. The first-order valence-electron chi connectivity index (χ1n) is 8.34. The number of aromatic nitrogens is 1. The maximum absolute atomic E-state index is 9.82. The summed E-state index contributed by atoms with van der Waals surface area (Å²) in [6, 6.07) is 11.4. The number of hydrogen-bond acceptors (Lipinski definition) is 6. The number of aromatic hydroxyl groups is 1. The molecule has 0 radical (unpaired) electrons. The Bertz CT molecular complexity index is 850. The molecule has 0 saturated heterocycles. The monoisotopic (exact) mass is 370 g/mol.